The van der Waals surface area contributed by atoms with Crippen molar-refractivity contribution in [1.29, 1.82) is 0 Å². The molecule has 0 saturated carbocycles. The number of benzene rings is 2. The fourth-order valence-corrected chi connectivity index (χ4v) is 3.26. The molecule has 5 nitrogen and oxygen atoms in total. The minimum absolute atomic E-state index is 0.280. The van der Waals surface area contributed by atoms with Crippen LogP contribution in [0.1, 0.15) is 11.3 Å². The van der Waals surface area contributed by atoms with Crippen LogP contribution in [0.2, 0.25) is 0 Å². The van der Waals surface area contributed by atoms with Crippen molar-refractivity contribution < 1.29 is 17.9 Å². The predicted octanol–water partition coefficient (Wildman–Crippen LogP) is 5.68. The molecule has 2 heterocycles. The van der Waals surface area contributed by atoms with Crippen molar-refractivity contribution in [3.63, 3.8) is 0 Å². The van der Waals surface area contributed by atoms with Gasteiger partial charge in [0, 0.05) is 17.1 Å². The molecular formula is C21H17F3N4O. The van der Waals surface area contributed by atoms with Crippen LogP contribution in [0.25, 0.3) is 16.7 Å². The van der Waals surface area contributed by atoms with E-state index in [1.807, 2.05) is 44.2 Å². The molecule has 0 radical (unpaired) electrons. The maximum absolute atomic E-state index is 12.3. The second kappa shape index (κ2) is 7.12. The van der Waals surface area contributed by atoms with E-state index in [4.69, 9.17) is 0 Å². The van der Waals surface area contributed by atoms with E-state index >= 15 is 0 Å². The van der Waals surface area contributed by atoms with Gasteiger partial charge in [-0.3, -0.25) is 4.57 Å². The lowest BCUT2D eigenvalue weighted by atomic mass is 10.2. The fourth-order valence-electron chi connectivity index (χ4n) is 3.26. The van der Waals surface area contributed by atoms with Crippen LogP contribution < -0.4 is 10.1 Å². The average Bonchev–Trinajstić information content (AvgIpc) is 2.94. The van der Waals surface area contributed by atoms with Gasteiger partial charge in [-0.25, -0.2) is 9.97 Å². The van der Waals surface area contributed by atoms with E-state index in [-0.39, 0.29) is 5.75 Å². The molecule has 2 aromatic heterocycles. The van der Waals surface area contributed by atoms with Gasteiger partial charge in [-0.05, 0) is 55.8 Å². The van der Waals surface area contributed by atoms with Gasteiger partial charge in [-0.1, -0.05) is 18.2 Å². The monoisotopic (exact) mass is 398 g/mol. The minimum Gasteiger partial charge on any atom is -0.406 e. The van der Waals surface area contributed by atoms with Crippen molar-refractivity contribution in [3.05, 3.63) is 72.2 Å². The summed E-state index contributed by atoms with van der Waals surface area (Å²) in [6.07, 6.45) is -3.26. The van der Waals surface area contributed by atoms with Crippen molar-refractivity contribution >= 4 is 22.5 Å². The predicted molar refractivity (Wildman–Crippen MR) is 105 cm³/mol. The molecule has 0 unspecified atom stereocenters. The molecular weight excluding hydrogens is 381 g/mol. The molecule has 4 aromatic rings. The number of anilines is 2. The lowest BCUT2D eigenvalue weighted by molar-refractivity contribution is -0.274. The lowest BCUT2D eigenvalue weighted by Gasteiger charge is -2.11. The van der Waals surface area contributed by atoms with Crippen LogP contribution in [0.4, 0.5) is 24.7 Å². The third-order valence-electron chi connectivity index (χ3n) is 4.66. The summed E-state index contributed by atoms with van der Waals surface area (Å²) in [6.45, 7) is 4.00. The van der Waals surface area contributed by atoms with E-state index < -0.39 is 6.36 Å². The van der Waals surface area contributed by atoms with Crippen molar-refractivity contribution in [1.82, 2.24) is 14.5 Å². The molecule has 0 saturated heterocycles. The van der Waals surface area contributed by atoms with Crippen LogP contribution >= 0.6 is 0 Å². The van der Waals surface area contributed by atoms with Crippen LogP contribution in [0.15, 0.2) is 60.9 Å². The zero-order chi connectivity index (χ0) is 20.6. The van der Waals surface area contributed by atoms with Gasteiger partial charge in [0.15, 0.2) is 5.65 Å². The van der Waals surface area contributed by atoms with Gasteiger partial charge in [0.25, 0.3) is 0 Å². The molecule has 148 valence electrons. The Morgan fingerprint density at radius 2 is 1.62 bits per heavy atom. The number of rotatable bonds is 4. The Kier molecular flexibility index (Phi) is 4.62. The molecule has 0 bridgehead atoms. The number of aromatic nitrogens is 3. The number of hydrogen-bond acceptors (Lipinski definition) is 4. The number of ether oxygens (including phenoxy) is 1. The largest absolute Gasteiger partial charge is 0.573 e. The summed E-state index contributed by atoms with van der Waals surface area (Å²) in [6, 6.07) is 15.4. The number of nitrogens with zero attached hydrogens (tertiary/aromatic N) is 3. The maximum atomic E-state index is 12.3. The zero-order valence-corrected chi connectivity index (χ0v) is 15.7. The highest BCUT2D eigenvalue weighted by Crippen LogP contribution is 2.33. The van der Waals surface area contributed by atoms with Crippen molar-refractivity contribution in [3.8, 4) is 11.4 Å². The minimum atomic E-state index is -4.72. The highest BCUT2D eigenvalue weighted by molar-refractivity contribution is 5.94. The van der Waals surface area contributed by atoms with Crippen LogP contribution in [0.3, 0.4) is 0 Å². The summed E-state index contributed by atoms with van der Waals surface area (Å²) >= 11 is 0. The molecule has 0 aliphatic rings. The summed E-state index contributed by atoms with van der Waals surface area (Å²) in [4.78, 5) is 8.81. The third-order valence-corrected chi connectivity index (χ3v) is 4.66. The number of alkyl halides is 3. The van der Waals surface area contributed by atoms with Gasteiger partial charge in [-0.2, -0.15) is 0 Å². The standard InChI is InChI=1S/C21H17F3N4O/c1-13-14(2)28(16-6-4-3-5-7-16)20-18(13)19(25-12-26-20)27-15-8-10-17(11-9-15)29-21(22,23)24/h3-12H,1-2H3,(H,25,26,27). The van der Waals surface area contributed by atoms with Crippen LogP contribution in [0, 0.1) is 13.8 Å². The van der Waals surface area contributed by atoms with Gasteiger partial charge in [0.2, 0.25) is 0 Å². The normalized spacial score (nSPS) is 11.6. The van der Waals surface area contributed by atoms with Gasteiger partial charge in [0.05, 0.1) is 5.39 Å². The molecule has 0 spiro atoms. The second-order valence-corrected chi connectivity index (χ2v) is 6.50. The first kappa shape index (κ1) is 18.8. The van der Waals surface area contributed by atoms with E-state index in [1.165, 1.54) is 30.6 Å². The molecule has 4 rings (SSSR count). The Bertz CT molecular complexity index is 1150. The van der Waals surface area contributed by atoms with Gasteiger partial charge in [-0.15, -0.1) is 13.2 Å². The van der Waals surface area contributed by atoms with E-state index in [1.54, 1.807) is 0 Å². The molecule has 29 heavy (non-hydrogen) atoms. The Morgan fingerprint density at radius 1 is 0.931 bits per heavy atom. The van der Waals surface area contributed by atoms with Crippen molar-refractivity contribution in [2.24, 2.45) is 0 Å². The highest BCUT2D eigenvalue weighted by Gasteiger charge is 2.31. The number of halogens is 3. The molecule has 0 amide bonds. The third kappa shape index (κ3) is 3.73. The summed E-state index contributed by atoms with van der Waals surface area (Å²) < 4.78 is 43.0. The number of nitrogens with one attached hydrogen (secondary N) is 1. The number of para-hydroxylation sites is 1. The zero-order valence-electron chi connectivity index (χ0n) is 15.7. The summed E-state index contributed by atoms with van der Waals surface area (Å²) in [5, 5.41) is 4.02. The number of hydrogen-bond donors (Lipinski definition) is 1. The summed E-state index contributed by atoms with van der Waals surface area (Å²) in [5.74, 6) is 0.299. The lowest BCUT2D eigenvalue weighted by Crippen LogP contribution is -2.16. The Morgan fingerprint density at radius 3 is 2.28 bits per heavy atom. The van der Waals surface area contributed by atoms with Crippen LogP contribution in [-0.4, -0.2) is 20.9 Å². The molecule has 0 aliphatic heterocycles. The quantitative estimate of drug-likeness (QED) is 0.481. The topological polar surface area (TPSA) is 52.0 Å². The first-order valence-electron chi connectivity index (χ1n) is 8.84. The van der Waals surface area contributed by atoms with Crippen LogP contribution in [-0.2, 0) is 0 Å². The van der Waals surface area contributed by atoms with Gasteiger partial charge >= 0.3 is 6.36 Å². The fraction of sp³-hybridized carbons (Fsp3) is 0.143. The first-order chi connectivity index (χ1) is 13.8. The van der Waals surface area contributed by atoms with Crippen molar-refractivity contribution in [2.45, 2.75) is 20.2 Å². The van der Waals surface area contributed by atoms with E-state index in [0.29, 0.717) is 11.5 Å². The summed E-state index contributed by atoms with van der Waals surface area (Å²) in [5.41, 5.74) is 4.37. The van der Waals surface area contributed by atoms with E-state index in [9.17, 15) is 13.2 Å². The smallest absolute Gasteiger partial charge is 0.406 e. The van der Waals surface area contributed by atoms with Gasteiger partial charge < -0.3 is 10.1 Å². The second-order valence-electron chi connectivity index (χ2n) is 6.50. The van der Waals surface area contributed by atoms with E-state index in [0.717, 1.165) is 28.0 Å². The SMILES string of the molecule is Cc1c(C)n(-c2ccccc2)c2ncnc(Nc3ccc(OC(F)(F)F)cc3)c12. The maximum Gasteiger partial charge on any atom is 0.573 e. The highest BCUT2D eigenvalue weighted by atomic mass is 19.4. The Balaban J connectivity index is 1.72. The molecule has 0 aliphatic carbocycles. The molecule has 8 heteroatoms. The Hall–Kier alpha value is -3.55. The molecule has 0 fully saturated rings. The molecule has 1 N–H and O–H groups in total. The van der Waals surface area contributed by atoms with Gasteiger partial charge in [0.1, 0.15) is 17.9 Å². The number of aryl methyl sites for hydroxylation is 1. The summed E-state index contributed by atoms with van der Waals surface area (Å²) in [7, 11) is 0. The van der Waals surface area contributed by atoms with E-state index in [2.05, 4.69) is 24.6 Å². The first-order valence-corrected chi connectivity index (χ1v) is 8.84. The van der Waals surface area contributed by atoms with Crippen molar-refractivity contribution in [2.75, 3.05) is 5.32 Å². The Labute approximate surface area is 164 Å². The molecule has 2 aromatic carbocycles. The van der Waals surface area contributed by atoms with Crippen LogP contribution in [0.5, 0.6) is 5.75 Å². The molecule has 0 atom stereocenters. The number of fused-ring (bicyclic) bond motifs is 1. The average molecular weight is 398 g/mol.